The van der Waals surface area contributed by atoms with E-state index in [1.54, 1.807) is 0 Å². The first-order chi connectivity index (χ1) is 8.29. The number of hydrogen-bond donors (Lipinski definition) is 0. The van der Waals surface area contributed by atoms with Crippen molar-refractivity contribution in [3.63, 3.8) is 0 Å². The fraction of sp³-hybridized carbons (Fsp3) is 0.571. The van der Waals surface area contributed by atoms with E-state index in [-0.39, 0.29) is 0 Å². The largest absolute Gasteiger partial charge is 0.493 e. The molecule has 1 heterocycles. The molecule has 0 radical (unpaired) electrons. The lowest BCUT2D eigenvalue weighted by atomic mass is 9.99. The molecule has 0 bridgehead atoms. The van der Waals surface area contributed by atoms with Gasteiger partial charge in [0.15, 0.2) is 0 Å². The summed E-state index contributed by atoms with van der Waals surface area (Å²) in [5.41, 5.74) is 1.23. The van der Waals surface area contributed by atoms with Gasteiger partial charge in [-0.15, -0.1) is 0 Å². The summed E-state index contributed by atoms with van der Waals surface area (Å²) in [6, 6.07) is 8.26. The zero-order chi connectivity index (χ0) is 12.1. The van der Waals surface area contributed by atoms with E-state index >= 15 is 0 Å². The van der Waals surface area contributed by atoms with Crippen LogP contribution in [0, 0.1) is 12.8 Å². The molecule has 1 aliphatic heterocycles. The van der Waals surface area contributed by atoms with Gasteiger partial charge in [-0.25, -0.2) is 0 Å². The van der Waals surface area contributed by atoms with Gasteiger partial charge in [0, 0.05) is 13.1 Å². The molecule has 3 heteroatoms. The van der Waals surface area contributed by atoms with Gasteiger partial charge in [-0.3, -0.25) is 4.31 Å². The van der Waals surface area contributed by atoms with Crippen LogP contribution in [0.25, 0.3) is 0 Å². The summed E-state index contributed by atoms with van der Waals surface area (Å²) in [5.74, 6) is 1.76. The van der Waals surface area contributed by atoms with E-state index in [1.807, 2.05) is 18.0 Å². The lowest BCUT2D eigenvalue weighted by molar-refractivity contribution is 0.190. The van der Waals surface area contributed by atoms with E-state index in [9.17, 15) is 0 Å². The van der Waals surface area contributed by atoms with Gasteiger partial charge in [0.05, 0.1) is 6.61 Å². The van der Waals surface area contributed by atoms with Crippen molar-refractivity contribution in [1.29, 1.82) is 0 Å². The van der Waals surface area contributed by atoms with Gasteiger partial charge in [-0.05, 0) is 43.6 Å². The first-order valence-corrected chi connectivity index (χ1v) is 7.45. The predicted octanol–water partition coefficient (Wildman–Crippen LogP) is 3.36. The highest BCUT2D eigenvalue weighted by atomic mass is 32.2. The first-order valence-electron chi connectivity index (χ1n) is 6.27. The average molecular weight is 251 g/mol. The van der Waals surface area contributed by atoms with Crippen molar-refractivity contribution < 1.29 is 4.74 Å². The number of benzene rings is 1. The van der Waals surface area contributed by atoms with Crippen LogP contribution in [0.2, 0.25) is 0 Å². The van der Waals surface area contributed by atoms with Crippen molar-refractivity contribution in [2.24, 2.45) is 5.92 Å². The summed E-state index contributed by atoms with van der Waals surface area (Å²) in [5, 5.41) is 0. The molecule has 0 spiro atoms. The molecule has 0 N–H and O–H groups in total. The lowest BCUT2D eigenvalue weighted by Gasteiger charge is -2.30. The maximum absolute atomic E-state index is 5.92. The number of ether oxygens (including phenoxy) is 1. The third kappa shape index (κ3) is 3.65. The highest BCUT2D eigenvalue weighted by Gasteiger charge is 2.19. The molecule has 0 aromatic heterocycles. The smallest absolute Gasteiger partial charge is 0.122 e. The third-order valence-corrected chi connectivity index (χ3v) is 4.28. The maximum atomic E-state index is 5.92. The summed E-state index contributed by atoms with van der Waals surface area (Å²) in [6.07, 6.45) is 4.67. The normalized spacial score (nSPS) is 18.2. The number of para-hydroxylation sites is 1. The standard InChI is InChI=1S/C14H21NOS/c1-12-5-3-4-6-14(12)16-11-13-7-9-15(17-2)10-8-13/h3-6,13H,7-11H2,1-2H3. The summed E-state index contributed by atoms with van der Waals surface area (Å²) in [6.45, 7) is 5.37. The SMILES string of the molecule is CSN1CCC(COc2ccccc2C)CC1. The molecule has 2 nitrogen and oxygen atoms in total. The van der Waals surface area contributed by atoms with Crippen LogP contribution in [0.15, 0.2) is 24.3 Å². The van der Waals surface area contributed by atoms with Gasteiger partial charge in [0.25, 0.3) is 0 Å². The van der Waals surface area contributed by atoms with E-state index in [0.29, 0.717) is 0 Å². The van der Waals surface area contributed by atoms with Crippen molar-refractivity contribution in [1.82, 2.24) is 4.31 Å². The van der Waals surface area contributed by atoms with Gasteiger partial charge in [-0.1, -0.05) is 30.1 Å². The van der Waals surface area contributed by atoms with Gasteiger partial charge in [-0.2, -0.15) is 0 Å². The Bertz CT molecular complexity index is 348. The van der Waals surface area contributed by atoms with Crippen molar-refractivity contribution in [2.45, 2.75) is 19.8 Å². The van der Waals surface area contributed by atoms with E-state index in [4.69, 9.17) is 4.74 Å². The molecule has 94 valence electrons. The van der Waals surface area contributed by atoms with Crippen LogP contribution >= 0.6 is 11.9 Å². The Morgan fingerprint density at radius 2 is 2.00 bits per heavy atom. The zero-order valence-electron chi connectivity index (χ0n) is 10.7. The molecular weight excluding hydrogens is 230 g/mol. The molecule has 1 fully saturated rings. The predicted molar refractivity (Wildman–Crippen MR) is 74.5 cm³/mol. The van der Waals surface area contributed by atoms with Crippen molar-refractivity contribution in [3.05, 3.63) is 29.8 Å². The van der Waals surface area contributed by atoms with Crippen LogP contribution in [0.1, 0.15) is 18.4 Å². The zero-order valence-corrected chi connectivity index (χ0v) is 11.5. The molecule has 1 saturated heterocycles. The summed E-state index contributed by atoms with van der Waals surface area (Å²) in [4.78, 5) is 0. The maximum Gasteiger partial charge on any atom is 0.122 e. The highest BCUT2D eigenvalue weighted by Crippen LogP contribution is 2.23. The van der Waals surface area contributed by atoms with Crippen LogP contribution in [0.3, 0.4) is 0 Å². The third-order valence-electron chi connectivity index (χ3n) is 3.40. The molecule has 1 aromatic carbocycles. The van der Waals surface area contributed by atoms with E-state index < -0.39 is 0 Å². The molecule has 0 unspecified atom stereocenters. The summed E-state index contributed by atoms with van der Waals surface area (Å²) >= 11 is 1.86. The molecule has 0 saturated carbocycles. The average Bonchev–Trinajstić information content (AvgIpc) is 2.38. The van der Waals surface area contributed by atoms with Crippen LogP contribution in [0.5, 0.6) is 5.75 Å². The van der Waals surface area contributed by atoms with Gasteiger partial charge in [0.2, 0.25) is 0 Å². The Balaban J connectivity index is 1.78. The second-order valence-corrected chi connectivity index (χ2v) is 5.51. The van der Waals surface area contributed by atoms with Gasteiger partial charge < -0.3 is 4.74 Å². The van der Waals surface area contributed by atoms with Gasteiger partial charge >= 0.3 is 0 Å². The minimum absolute atomic E-state index is 0.720. The van der Waals surface area contributed by atoms with E-state index in [2.05, 4.69) is 35.7 Å². The lowest BCUT2D eigenvalue weighted by Crippen LogP contribution is -2.30. The Hall–Kier alpha value is -0.670. The Kier molecular flexibility index (Phi) is 4.75. The number of piperidine rings is 1. The summed E-state index contributed by atoms with van der Waals surface area (Å²) in [7, 11) is 0. The molecule has 0 aliphatic carbocycles. The van der Waals surface area contributed by atoms with Crippen LogP contribution in [-0.4, -0.2) is 30.3 Å². The van der Waals surface area contributed by atoms with Crippen LogP contribution in [0.4, 0.5) is 0 Å². The van der Waals surface area contributed by atoms with E-state index in [0.717, 1.165) is 18.3 Å². The quantitative estimate of drug-likeness (QED) is 0.761. The fourth-order valence-corrected chi connectivity index (χ4v) is 2.76. The Morgan fingerprint density at radius 1 is 1.29 bits per heavy atom. The minimum Gasteiger partial charge on any atom is -0.493 e. The fourth-order valence-electron chi connectivity index (χ4n) is 2.18. The Labute approximate surface area is 108 Å². The second-order valence-electron chi connectivity index (χ2n) is 4.63. The van der Waals surface area contributed by atoms with Crippen LogP contribution < -0.4 is 4.74 Å². The Morgan fingerprint density at radius 3 is 2.65 bits per heavy atom. The molecule has 0 amide bonds. The topological polar surface area (TPSA) is 12.5 Å². The van der Waals surface area contributed by atoms with Crippen molar-refractivity contribution in [3.8, 4) is 5.75 Å². The monoisotopic (exact) mass is 251 g/mol. The number of hydrogen-bond acceptors (Lipinski definition) is 3. The molecule has 1 aromatic rings. The molecule has 1 aliphatic rings. The van der Waals surface area contributed by atoms with Crippen LogP contribution in [-0.2, 0) is 0 Å². The van der Waals surface area contributed by atoms with Crippen molar-refractivity contribution in [2.75, 3.05) is 26.0 Å². The van der Waals surface area contributed by atoms with Gasteiger partial charge in [0.1, 0.15) is 5.75 Å². The molecule has 2 rings (SSSR count). The number of aryl methyl sites for hydroxylation is 1. The highest BCUT2D eigenvalue weighted by molar-refractivity contribution is 7.96. The number of rotatable bonds is 4. The molecule has 0 atom stereocenters. The molecule has 17 heavy (non-hydrogen) atoms. The minimum atomic E-state index is 0.720. The molecular formula is C14H21NOS. The van der Waals surface area contributed by atoms with E-state index in [1.165, 1.54) is 31.5 Å². The summed E-state index contributed by atoms with van der Waals surface area (Å²) < 4.78 is 8.35. The second kappa shape index (κ2) is 6.31. The number of nitrogens with zero attached hydrogens (tertiary/aromatic N) is 1. The van der Waals surface area contributed by atoms with Crippen molar-refractivity contribution >= 4 is 11.9 Å². The first kappa shape index (κ1) is 12.8.